The van der Waals surface area contributed by atoms with E-state index in [1.54, 1.807) is 29.1 Å². The first-order valence-electron chi connectivity index (χ1n) is 11.8. The lowest BCUT2D eigenvalue weighted by Gasteiger charge is -2.31. The van der Waals surface area contributed by atoms with Gasteiger partial charge in [-0.1, -0.05) is 24.3 Å². The Hall–Kier alpha value is -3.22. The molecule has 4 rings (SSSR count). The second kappa shape index (κ2) is 9.73. The van der Waals surface area contributed by atoms with E-state index < -0.39 is 11.5 Å². The van der Waals surface area contributed by atoms with Gasteiger partial charge < -0.3 is 15.1 Å². The summed E-state index contributed by atoms with van der Waals surface area (Å²) in [7, 11) is 0. The van der Waals surface area contributed by atoms with Gasteiger partial charge in [-0.05, 0) is 61.9 Å². The van der Waals surface area contributed by atoms with Gasteiger partial charge in [0.2, 0.25) is 17.7 Å². The maximum absolute atomic E-state index is 13.3. The van der Waals surface area contributed by atoms with Crippen LogP contribution < -0.4 is 5.32 Å². The smallest absolute Gasteiger partial charge is 0.245 e. The van der Waals surface area contributed by atoms with Crippen molar-refractivity contribution >= 4 is 17.7 Å². The molecule has 7 heteroatoms. The van der Waals surface area contributed by atoms with E-state index in [4.69, 9.17) is 0 Å². The molecule has 0 unspecified atom stereocenters. The molecule has 2 fully saturated rings. The molecule has 0 radical (unpaired) electrons. The molecular weight excluding hydrogens is 416 g/mol. The third kappa shape index (κ3) is 4.77. The summed E-state index contributed by atoms with van der Waals surface area (Å²) in [6, 6.07) is 11.7. The molecule has 1 aromatic carbocycles. The highest BCUT2D eigenvalue weighted by molar-refractivity contribution is 5.90. The summed E-state index contributed by atoms with van der Waals surface area (Å²) in [6.45, 7) is 5.77. The van der Waals surface area contributed by atoms with Crippen LogP contribution in [0.2, 0.25) is 0 Å². The molecule has 2 aliphatic rings. The van der Waals surface area contributed by atoms with Crippen LogP contribution in [0.1, 0.15) is 38.7 Å². The lowest BCUT2D eigenvalue weighted by atomic mass is 9.79. The van der Waals surface area contributed by atoms with Crippen LogP contribution in [-0.4, -0.2) is 64.7 Å². The summed E-state index contributed by atoms with van der Waals surface area (Å²) in [5.41, 5.74) is 2.53. The van der Waals surface area contributed by atoms with Gasteiger partial charge in [0.25, 0.3) is 0 Å². The second-order valence-corrected chi connectivity index (χ2v) is 9.13. The van der Waals surface area contributed by atoms with E-state index in [-0.39, 0.29) is 17.7 Å². The number of carbonyl (C=O) groups excluding carboxylic acids is 3. The fraction of sp³-hybridized carbons (Fsp3) is 0.462. The number of likely N-dealkylation sites (tertiary alicyclic amines) is 2. The van der Waals surface area contributed by atoms with Crippen molar-refractivity contribution in [3.63, 3.8) is 0 Å². The van der Waals surface area contributed by atoms with E-state index >= 15 is 0 Å². The summed E-state index contributed by atoms with van der Waals surface area (Å²) < 4.78 is 0. The van der Waals surface area contributed by atoms with E-state index in [1.807, 2.05) is 31.2 Å². The van der Waals surface area contributed by atoms with E-state index in [1.165, 1.54) is 0 Å². The Balaban J connectivity index is 1.55. The zero-order valence-corrected chi connectivity index (χ0v) is 19.4. The van der Waals surface area contributed by atoms with Gasteiger partial charge in [-0.2, -0.15) is 0 Å². The van der Waals surface area contributed by atoms with Gasteiger partial charge in [0.15, 0.2) is 0 Å². The summed E-state index contributed by atoms with van der Waals surface area (Å²) in [5.74, 6) is -0.0422. The Bertz CT molecular complexity index is 1030. The molecule has 1 aromatic heterocycles. The predicted octanol–water partition coefficient (Wildman–Crippen LogP) is 2.66. The van der Waals surface area contributed by atoms with Gasteiger partial charge in [-0.15, -0.1) is 0 Å². The predicted molar refractivity (Wildman–Crippen MR) is 126 cm³/mol. The molecule has 1 N–H and O–H groups in total. The number of nitrogens with one attached hydrogen (secondary N) is 1. The molecule has 2 saturated heterocycles. The minimum absolute atomic E-state index is 0.0143. The van der Waals surface area contributed by atoms with Crippen molar-refractivity contribution in [2.24, 2.45) is 5.41 Å². The monoisotopic (exact) mass is 448 g/mol. The standard InChI is InChI=1S/C26H32N4O3/c1-3-28-25(33)26(17-20-6-4-7-22(16-20)21-9-12-27-13-10-21)11-15-29(18-26)24(32)19(2)30-14-5-8-23(30)31/h4,6-7,9-10,12-13,16,19H,3,5,8,11,14-15,17-18H2,1-2H3,(H,28,33)/t19-,26-/m0/s1. The first-order valence-corrected chi connectivity index (χ1v) is 11.8. The number of benzene rings is 1. The number of rotatable bonds is 7. The Kier molecular flexibility index (Phi) is 6.77. The fourth-order valence-electron chi connectivity index (χ4n) is 5.09. The van der Waals surface area contributed by atoms with Crippen LogP contribution in [-0.2, 0) is 20.8 Å². The summed E-state index contributed by atoms with van der Waals surface area (Å²) >= 11 is 0. The van der Waals surface area contributed by atoms with Crippen molar-refractivity contribution in [1.82, 2.24) is 20.1 Å². The van der Waals surface area contributed by atoms with E-state index in [0.29, 0.717) is 45.4 Å². The van der Waals surface area contributed by atoms with Crippen molar-refractivity contribution in [2.45, 2.75) is 45.6 Å². The number of aromatic nitrogens is 1. The normalized spacial score (nSPS) is 21.3. The minimum Gasteiger partial charge on any atom is -0.356 e. The quantitative estimate of drug-likeness (QED) is 0.706. The molecule has 0 aliphatic carbocycles. The second-order valence-electron chi connectivity index (χ2n) is 9.13. The third-order valence-electron chi connectivity index (χ3n) is 6.90. The van der Waals surface area contributed by atoms with E-state index in [0.717, 1.165) is 23.1 Å². The Morgan fingerprint density at radius 2 is 1.94 bits per heavy atom. The number of amides is 3. The number of carbonyl (C=O) groups is 3. The molecular formula is C26H32N4O3. The van der Waals surface area contributed by atoms with Crippen LogP contribution >= 0.6 is 0 Å². The largest absolute Gasteiger partial charge is 0.356 e. The Labute approximate surface area is 195 Å². The maximum Gasteiger partial charge on any atom is 0.245 e. The number of hydrogen-bond acceptors (Lipinski definition) is 4. The van der Waals surface area contributed by atoms with Crippen LogP contribution in [0.25, 0.3) is 11.1 Å². The number of pyridine rings is 1. The van der Waals surface area contributed by atoms with Crippen molar-refractivity contribution in [1.29, 1.82) is 0 Å². The first-order chi connectivity index (χ1) is 15.9. The average molecular weight is 449 g/mol. The molecule has 0 saturated carbocycles. The van der Waals surface area contributed by atoms with Gasteiger partial charge in [0.1, 0.15) is 6.04 Å². The van der Waals surface area contributed by atoms with Crippen molar-refractivity contribution < 1.29 is 14.4 Å². The summed E-state index contributed by atoms with van der Waals surface area (Å²) in [5, 5.41) is 3.00. The van der Waals surface area contributed by atoms with Gasteiger partial charge in [-0.25, -0.2) is 0 Å². The van der Waals surface area contributed by atoms with Crippen LogP contribution in [0.3, 0.4) is 0 Å². The van der Waals surface area contributed by atoms with E-state index in [2.05, 4.69) is 22.4 Å². The third-order valence-corrected chi connectivity index (χ3v) is 6.90. The van der Waals surface area contributed by atoms with Crippen LogP contribution in [0, 0.1) is 5.41 Å². The van der Waals surface area contributed by atoms with Crippen molar-refractivity contribution in [2.75, 3.05) is 26.2 Å². The average Bonchev–Trinajstić information content (AvgIpc) is 3.46. The molecule has 33 heavy (non-hydrogen) atoms. The maximum atomic E-state index is 13.3. The highest BCUT2D eigenvalue weighted by atomic mass is 16.2. The van der Waals surface area contributed by atoms with Gasteiger partial charge >= 0.3 is 0 Å². The Morgan fingerprint density at radius 1 is 1.15 bits per heavy atom. The molecule has 7 nitrogen and oxygen atoms in total. The first kappa shape index (κ1) is 23.0. The molecule has 2 atom stereocenters. The fourth-order valence-corrected chi connectivity index (χ4v) is 5.09. The highest BCUT2D eigenvalue weighted by Crippen LogP contribution is 2.36. The number of hydrogen-bond donors (Lipinski definition) is 1. The van der Waals surface area contributed by atoms with Crippen LogP contribution in [0.4, 0.5) is 0 Å². The summed E-state index contributed by atoms with van der Waals surface area (Å²) in [4.78, 5) is 46.2. The molecule has 0 spiro atoms. The molecule has 0 bridgehead atoms. The van der Waals surface area contributed by atoms with Crippen molar-refractivity contribution in [3.8, 4) is 11.1 Å². The number of nitrogens with zero attached hydrogens (tertiary/aromatic N) is 3. The Morgan fingerprint density at radius 3 is 2.64 bits per heavy atom. The molecule has 3 heterocycles. The molecule has 174 valence electrons. The molecule has 3 amide bonds. The van der Waals surface area contributed by atoms with Crippen LogP contribution in [0.15, 0.2) is 48.8 Å². The zero-order valence-electron chi connectivity index (χ0n) is 19.4. The van der Waals surface area contributed by atoms with Gasteiger partial charge in [0.05, 0.1) is 5.41 Å². The van der Waals surface area contributed by atoms with E-state index in [9.17, 15) is 14.4 Å². The van der Waals surface area contributed by atoms with Gasteiger partial charge in [-0.3, -0.25) is 19.4 Å². The molecule has 2 aliphatic heterocycles. The lowest BCUT2D eigenvalue weighted by molar-refractivity contribution is -0.143. The van der Waals surface area contributed by atoms with Gasteiger partial charge in [0, 0.05) is 45.0 Å². The highest BCUT2D eigenvalue weighted by Gasteiger charge is 2.47. The zero-order chi connectivity index (χ0) is 23.4. The summed E-state index contributed by atoms with van der Waals surface area (Å²) in [6.07, 6.45) is 6.00. The lowest BCUT2D eigenvalue weighted by Crippen LogP contribution is -2.49. The minimum atomic E-state index is -0.683. The van der Waals surface area contributed by atoms with Crippen LogP contribution in [0.5, 0.6) is 0 Å². The molecule has 2 aromatic rings. The topological polar surface area (TPSA) is 82.6 Å². The van der Waals surface area contributed by atoms with Crippen molar-refractivity contribution in [3.05, 3.63) is 54.4 Å². The SMILES string of the molecule is CCNC(=O)[C@]1(Cc2cccc(-c3ccncc3)c2)CCN(C(=O)[C@H](C)N2CCCC2=O)C1.